The fourth-order valence-electron chi connectivity index (χ4n) is 3.18. The average molecular weight is 286 g/mol. The van der Waals surface area contributed by atoms with E-state index in [-0.39, 0.29) is 17.9 Å². The summed E-state index contributed by atoms with van der Waals surface area (Å²) in [6.07, 6.45) is 4.97. The Kier molecular flexibility index (Phi) is 3.97. The lowest BCUT2D eigenvalue weighted by atomic mass is 10.1. The van der Waals surface area contributed by atoms with Gasteiger partial charge in [-0.3, -0.25) is 4.79 Å². The van der Waals surface area contributed by atoms with Gasteiger partial charge in [0.25, 0.3) is 0 Å². The Balaban J connectivity index is 1.61. The molecule has 1 amide bonds. The van der Waals surface area contributed by atoms with Crippen LogP contribution < -0.4 is 5.32 Å². The molecular formula is C17H22N2O2. The molecule has 0 spiro atoms. The van der Waals surface area contributed by atoms with Crippen molar-refractivity contribution in [1.29, 1.82) is 0 Å². The Morgan fingerprint density at radius 3 is 3.05 bits per heavy atom. The number of aromatic nitrogens is 1. The second kappa shape index (κ2) is 5.90. The maximum atomic E-state index is 12.1. The van der Waals surface area contributed by atoms with Crippen molar-refractivity contribution in [3.05, 3.63) is 35.5 Å². The summed E-state index contributed by atoms with van der Waals surface area (Å²) in [4.78, 5) is 15.3. The molecular weight excluding hydrogens is 264 g/mol. The van der Waals surface area contributed by atoms with Crippen LogP contribution in [0.15, 0.2) is 24.4 Å². The molecule has 1 aromatic heterocycles. The quantitative estimate of drug-likeness (QED) is 0.807. The molecule has 112 valence electrons. The molecule has 0 bridgehead atoms. The van der Waals surface area contributed by atoms with E-state index in [2.05, 4.69) is 35.4 Å². The van der Waals surface area contributed by atoms with Crippen LogP contribution in [0, 0.1) is 12.8 Å². The summed E-state index contributed by atoms with van der Waals surface area (Å²) in [5.41, 5.74) is 3.30. The number of nitrogens with one attached hydrogen (secondary N) is 2. The Morgan fingerprint density at radius 2 is 2.29 bits per heavy atom. The Labute approximate surface area is 124 Å². The van der Waals surface area contributed by atoms with Crippen molar-refractivity contribution in [2.45, 2.75) is 38.7 Å². The zero-order valence-corrected chi connectivity index (χ0v) is 12.4. The van der Waals surface area contributed by atoms with Gasteiger partial charge in [0.05, 0.1) is 12.5 Å². The Hall–Kier alpha value is -1.81. The molecule has 0 unspecified atom stereocenters. The van der Waals surface area contributed by atoms with Gasteiger partial charge >= 0.3 is 0 Å². The summed E-state index contributed by atoms with van der Waals surface area (Å²) in [7, 11) is 0. The van der Waals surface area contributed by atoms with Crippen LogP contribution in [0.25, 0.3) is 10.9 Å². The maximum Gasteiger partial charge on any atom is 0.224 e. The number of benzene rings is 1. The summed E-state index contributed by atoms with van der Waals surface area (Å²) in [6.45, 7) is 2.64. The summed E-state index contributed by atoms with van der Waals surface area (Å²) in [6, 6.07) is 6.21. The number of aryl methyl sites for hydroxylation is 1. The largest absolute Gasteiger partial charge is 0.393 e. The number of aliphatic hydroxyl groups excluding tert-OH is 1. The van der Waals surface area contributed by atoms with Gasteiger partial charge in [0.15, 0.2) is 0 Å². The van der Waals surface area contributed by atoms with Crippen LogP contribution in [0.2, 0.25) is 0 Å². The number of fused-ring (bicyclic) bond motifs is 1. The van der Waals surface area contributed by atoms with Gasteiger partial charge < -0.3 is 15.4 Å². The Morgan fingerprint density at radius 1 is 1.43 bits per heavy atom. The number of H-pyrrole nitrogens is 1. The van der Waals surface area contributed by atoms with E-state index < -0.39 is 0 Å². The molecule has 1 heterocycles. The molecule has 3 N–H and O–H groups in total. The van der Waals surface area contributed by atoms with E-state index in [0.717, 1.165) is 35.7 Å². The van der Waals surface area contributed by atoms with Crippen LogP contribution >= 0.6 is 0 Å². The van der Waals surface area contributed by atoms with Crippen molar-refractivity contribution in [2.24, 2.45) is 5.92 Å². The fraction of sp³-hybridized carbons (Fsp3) is 0.471. The van der Waals surface area contributed by atoms with Gasteiger partial charge in [0, 0.05) is 29.6 Å². The number of hydrogen-bond donors (Lipinski definition) is 3. The number of aliphatic hydroxyl groups is 1. The lowest BCUT2D eigenvalue weighted by molar-refractivity contribution is -0.120. The first-order chi connectivity index (χ1) is 10.1. The molecule has 0 radical (unpaired) electrons. The minimum Gasteiger partial charge on any atom is -0.393 e. The highest BCUT2D eigenvalue weighted by Crippen LogP contribution is 2.25. The first kappa shape index (κ1) is 14.1. The van der Waals surface area contributed by atoms with Gasteiger partial charge in [-0.1, -0.05) is 18.6 Å². The molecule has 2 aromatic rings. The van der Waals surface area contributed by atoms with E-state index in [1.165, 1.54) is 5.56 Å². The Bertz CT molecular complexity index is 647. The van der Waals surface area contributed by atoms with E-state index in [9.17, 15) is 9.90 Å². The minimum absolute atomic E-state index is 0.0237. The van der Waals surface area contributed by atoms with E-state index in [1.54, 1.807) is 0 Å². The van der Waals surface area contributed by atoms with Crippen molar-refractivity contribution in [2.75, 3.05) is 6.54 Å². The SMILES string of the molecule is Cc1ccc2c(CC(=O)NC[C@H]3CCC[C@@H]3O)c[nH]c2c1. The van der Waals surface area contributed by atoms with Crippen molar-refractivity contribution in [1.82, 2.24) is 10.3 Å². The van der Waals surface area contributed by atoms with Crippen molar-refractivity contribution in [3.8, 4) is 0 Å². The molecule has 1 aliphatic rings. The second-order valence-corrected chi connectivity index (χ2v) is 6.10. The molecule has 0 aliphatic heterocycles. The van der Waals surface area contributed by atoms with E-state index in [4.69, 9.17) is 0 Å². The van der Waals surface area contributed by atoms with Crippen molar-refractivity contribution >= 4 is 16.8 Å². The number of rotatable bonds is 4. The van der Waals surface area contributed by atoms with Gasteiger partial charge in [-0.15, -0.1) is 0 Å². The molecule has 1 saturated carbocycles. The molecule has 4 heteroatoms. The topological polar surface area (TPSA) is 65.1 Å². The summed E-state index contributed by atoms with van der Waals surface area (Å²) < 4.78 is 0. The van der Waals surface area contributed by atoms with Crippen LogP contribution in [0.4, 0.5) is 0 Å². The van der Waals surface area contributed by atoms with Gasteiger partial charge in [-0.25, -0.2) is 0 Å². The zero-order chi connectivity index (χ0) is 14.8. The number of carbonyl (C=O) groups is 1. The zero-order valence-electron chi connectivity index (χ0n) is 12.4. The third-order valence-corrected chi connectivity index (χ3v) is 4.45. The van der Waals surface area contributed by atoms with Gasteiger partial charge in [-0.05, 0) is 37.0 Å². The molecule has 2 atom stereocenters. The summed E-state index contributed by atoms with van der Waals surface area (Å²) >= 11 is 0. The predicted octanol–water partition coefficient (Wildman–Crippen LogP) is 2.30. The van der Waals surface area contributed by atoms with Gasteiger partial charge in [0.2, 0.25) is 5.91 Å². The monoisotopic (exact) mass is 286 g/mol. The number of amides is 1. The number of aromatic amines is 1. The van der Waals surface area contributed by atoms with Crippen LogP contribution in [-0.2, 0) is 11.2 Å². The van der Waals surface area contributed by atoms with Crippen molar-refractivity contribution < 1.29 is 9.90 Å². The molecule has 1 aromatic carbocycles. The van der Waals surface area contributed by atoms with E-state index in [1.807, 2.05) is 6.20 Å². The van der Waals surface area contributed by atoms with Gasteiger partial charge in [0.1, 0.15) is 0 Å². The first-order valence-corrected chi connectivity index (χ1v) is 7.65. The maximum absolute atomic E-state index is 12.1. The number of hydrogen-bond acceptors (Lipinski definition) is 2. The lowest BCUT2D eigenvalue weighted by Gasteiger charge is -2.14. The summed E-state index contributed by atoms with van der Waals surface area (Å²) in [5.74, 6) is 0.246. The highest BCUT2D eigenvalue weighted by Gasteiger charge is 2.25. The van der Waals surface area contributed by atoms with E-state index in [0.29, 0.717) is 13.0 Å². The van der Waals surface area contributed by atoms with Crippen LogP contribution in [0.1, 0.15) is 30.4 Å². The van der Waals surface area contributed by atoms with Crippen LogP contribution in [0.5, 0.6) is 0 Å². The molecule has 1 fully saturated rings. The molecule has 4 nitrogen and oxygen atoms in total. The highest BCUT2D eigenvalue weighted by atomic mass is 16.3. The van der Waals surface area contributed by atoms with Crippen LogP contribution in [-0.4, -0.2) is 28.6 Å². The molecule has 3 rings (SSSR count). The molecule has 0 saturated heterocycles. The molecule has 1 aliphatic carbocycles. The summed E-state index contributed by atoms with van der Waals surface area (Å²) in [5, 5.41) is 13.8. The smallest absolute Gasteiger partial charge is 0.224 e. The minimum atomic E-state index is -0.249. The average Bonchev–Trinajstić information content (AvgIpc) is 3.03. The fourth-order valence-corrected chi connectivity index (χ4v) is 3.18. The van der Waals surface area contributed by atoms with Crippen LogP contribution in [0.3, 0.4) is 0 Å². The van der Waals surface area contributed by atoms with E-state index >= 15 is 0 Å². The standard InChI is InChI=1S/C17H22N2O2/c1-11-5-6-14-13(10-18-15(14)7-11)8-17(21)19-9-12-3-2-4-16(12)20/h5-7,10,12,16,18,20H,2-4,8-9H2,1H3,(H,19,21)/t12-,16+/m1/s1. The number of carbonyl (C=O) groups excluding carboxylic acids is 1. The third kappa shape index (κ3) is 3.10. The van der Waals surface area contributed by atoms with Gasteiger partial charge in [-0.2, -0.15) is 0 Å². The normalized spacial score (nSPS) is 21.8. The first-order valence-electron chi connectivity index (χ1n) is 7.65. The predicted molar refractivity (Wildman–Crippen MR) is 83.1 cm³/mol. The second-order valence-electron chi connectivity index (χ2n) is 6.10. The highest BCUT2D eigenvalue weighted by molar-refractivity contribution is 5.89. The lowest BCUT2D eigenvalue weighted by Crippen LogP contribution is -2.33. The van der Waals surface area contributed by atoms with Crippen molar-refractivity contribution in [3.63, 3.8) is 0 Å². The molecule has 21 heavy (non-hydrogen) atoms. The third-order valence-electron chi connectivity index (χ3n) is 4.45.